The van der Waals surface area contributed by atoms with Gasteiger partial charge in [-0.25, -0.2) is 0 Å². The van der Waals surface area contributed by atoms with Gasteiger partial charge in [-0.2, -0.15) is 0 Å². The average molecular weight is 431 g/mol. The molecule has 176 valence electrons. The normalized spacial score (nSPS) is 53.0. The summed E-state index contributed by atoms with van der Waals surface area (Å²) >= 11 is 0. The van der Waals surface area contributed by atoms with Crippen LogP contribution in [-0.2, 0) is 14.2 Å². The van der Waals surface area contributed by atoms with Gasteiger partial charge in [0, 0.05) is 18.3 Å². The largest absolute Gasteiger partial charge is 0.365 e. The molecule has 4 saturated carbocycles. The molecule has 0 amide bonds. The van der Waals surface area contributed by atoms with Crippen LogP contribution in [0.5, 0.6) is 0 Å². The molecule has 0 bridgehead atoms. The summed E-state index contributed by atoms with van der Waals surface area (Å²) in [5, 5.41) is 0. The van der Waals surface area contributed by atoms with E-state index in [1.165, 1.54) is 51.4 Å². The molecule has 9 atom stereocenters. The van der Waals surface area contributed by atoms with E-state index in [0.717, 1.165) is 61.6 Å². The Morgan fingerprint density at radius 1 is 0.871 bits per heavy atom. The van der Waals surface area contributed by atoms with Gasteiger partial charge in [0.05, 0.1) is 19.3 Å². The molecule has 0 aromatic rings. The zero-order valence-corrected chi connectivity index (χ0v) is 20.8. The third-order valence-corrected chi connectivity index (χ3v) is 11.9. The molecule has 31 heavy (non-hydrogen) atoms. The second kappa shape index (κ2) is 6.95. The topological polar surface area (TPSA) is 31.0 Å². The molecule has 3 nitrogen and oxygen atoms in total. The minimum atomic E-state index is -0.325. The van der Waals surface area contributed by atoms with Gasteiger partial charge >= 0.3 is 0 Å². The van der Waals surface area contributed by atoms with Gasteiger partial charge in [0.25, 0.3) is 0 Å². The molecule has 3 heteroatoms. The van der Waals surface area contributed by atoms with Crippen molar-refractivity contribution in [2.45, 2.75) is 116 Å². The van der Waals surface area contributed by atoms with E-state index in [1.807, 2.05) is 0 Å². The molecule has 5 unspecified atom stereocenters. The number of rotatable bonds is 4. The van der Waals surface area contributed by atoms with Gasteiger partial charge in [-0.15, -0.1) is 0 Å². The van der Waals surface area contributed by atoms with Gasteiger partial charge in [-0.3, -0.25) is 0 Å². The van der Waals surface area contributed by atoms with Crippen LogP contribution in [0.4, 0.5) is 0 Å². The minimum absolute atomic E-state index is 0.0487. The maximum atomic E-state index is 6.71. The lowest BCUT2D eigenvalue weighted by atomic mass is 9.44. The summed E-state index contributed by atoms with van der Waals surface area (Å²) in [7, 11) is 0. The van der Waals surface area contributed by atoms with E-state index in [1.54, 1.807) is 0 Å². The van der Waals surface area contributed by atoms with Crippen molar-refractivity contribution in [3.8, 4) is 0 Å². The molecular formula is C28H46O3. The van der Waals surface area contributed by atoms with Crippen LogP contribution in [0.15, 0.2) is 0 Å². The second-order valence-corrected chi connectivity index (χ2v) is 13.5. The van der Waals surface area contributed by atoms with E-state index < -0.39 is 0 Å². The van der Waals surface area contributed by atoms with Crippen LogP contribution < -0.4 is 0 Å². The quantitative estimate of drug-likeness (QED) is 0.471. The van der Waals surface area contributed by atoms with Crippen molar-refractivity contribution in [3.63, 3.8) is 0 Å². The predicted molar refractivity (Wildman–Crippen MR) is 123 cm³/mol. The number of hydrogen-bond acceptors (Lipinski definition) is 3. The van der Waals surface area contributed by atoms with Crippen molar-refractivity contribution in [1.29, 1.82) is 0 Å². The van der Waals surface area contributed by atoms with Crippen LogP contribution in [0, 0.1) is 46.3 Å². The Morgan fingerprint density at radius 3 is 2.39 bits per heavy atom. The third kappa shape index (κ3) is 2.88. The van der Waals surface area contributed by atoms with Gasteiger partial charge in [0.1, 0.15) is 5.60 Å². The highest BCUT2D eigenvalue weighted by molar-refractivity contribution is 5.25. The zero-order chi connectivity index (χ0) is 21.6. The highest BCUT2D eigenvalue weighted by Gasteiger charge is 2.78. The molecule has 0 aromatic carbocycles. The van der Waals surface area contributed by atoms with E-state index in [9.17, 15) is 0 Å². The van der Waals surface area contributed by atoms with E-state index in [4.69, 9.17) is 14.2 Å². The SMILES string of the molecule is CC(C)CCC(C)C1CCC2C3C[C@H]4O[C@]45CC4(CC[C@]5(C)C3CC[C@]12C)OCCO4. The Labute approximate surface area is 190 Å². The van der Waals surface area contributed by atoms with Crippen molar-refractivity contribution >= 4 is 0 Å². The number of hydrogen-bond donors (Lipinski definition) is 0. The number of fused-ring (bicyclic) bond motifs is 4. The molecule has 0 radical (unpaired) electrons. The second-order valence-electron chi connectivity index (χ2n) is 13.5. The summed E-state index contributed by atoms with van der Waals surface area (Å²) in [6.07, 6.45) is 13.7. The lowest BCUT2D eigenvalue weighted by Crippen LogP contribution is -2.61. The minimum Gasteiger partial charge on any atom is -0.365 e. The van der Waals surface area contributed by atoms with E-state index >= 15 is 0 Å². The third-order valence-electron chi connectivity index (χ3n) is 11.9. The molecule has 6 aliphatic rings. The van der Waals surface area contributed by atoms with Crippen LogP contribution >= 0.6 is 0 Å². The molecule has 2 spiro atoms. The first-order valence-corrected chi connectivity index (χ1v) is 13.7. The summed E-state index contributed by atoms with van der Waals surface area (Å²) in [5.41, 5.74) is 0.938. The van der Waals surface area contributed by atoms with Crippen LogP contribution in [0.3, 0.4) is 0 Å². The fourth-order valence-electron chi connectivity index (χ4n) is 10.1. The van der Waals surface area contributed by atoms with Crippen LogP contribution in [0.25, 0.3) is 0 Å². The zero-order valence-electron chi connectivity index (χ0n) is 20.8. The van der Waals surface area contributed by atoms with Gasteiger partial charge in [-0.1, -0.05) is 47.5 Å². The molecule has 4 aliphatic carbocycles. The lowest BCUT2D eigenvalue weighted by molar-refractivity contribution is -0.227. The highest BCUT2D eigenvalue weighted by atomic mass is 16.7. The Kier molecular flexibility index (Phi) is 4.80. The van der Waals surface area contributed by atoms with E-state index in [2.05, 4.69) is 34.6 Å². The summed E-state index contributed by atoms with van der Waals surface area (Å²) in [6, 6.07) is 0. The van der Waals surface area contributed by atoms with Crippen LogP contribution in [0.1, 0.15) is 98.8 Å². The fraction of sp³-hybridized carbons (Fsp3) is 1.00. The smallest absolute Gasteiger partial charge is 0.171 e. The first-order valence-electron chi connectivity index (χ1n) is 13.7. The van der Waals surface area contributed by atoms with Crippen molar-refractivity contribution < 1.29 is 14.2 Å². The Bertz CT molecular complexity index is 713. The summed E-state index contributed by atoms with van der Waals surface area (Å²) in [5.74, 6) is 4.98. The molecule has 2 heterocycles. The summed E-state index contributed by atoms with van der Waals surface area (Å²) in [4.78, 5) is 0. The number of ether oxygens (including phenoxy) is 3. The standard InChI is InChI=1S/C28H46O3/c1-18(2)6-7-19(3)21-8-9-22-20-16-24-28(31-24)17-27(29-14-15-30-27)13-12-26(28,5)23(20)10-11-25(21,22)4/h18-24H,6-17H2,1-5H3/t19?,20?,21?,22?,23?,24-,25-,26-,28-/m1/s1. The monoisotopic (exact) mass is 430 g/mol. The molecule has 0 aromatic heterocycles. The first kappa shape index (κ1) is 21.4. The molecule has 6 fully saturated rings. The molecule has 2 aliphatic heterocycles. The van der Waals surface area contributed by atoms with E-state index in [-0.39, 0.29) is 11.4 Å². The van der Waals surface area contributed by atoms with Gasteiger partial charge in [0.2, 0.25) is 0 Å². The molecule has 0 N–H and O–H groups in total. The van der Waals surface area contributed by atoms with Crippen LogP contribution in [-0.4, -0.2) is 30.7 Å². The first-order chi connectivity index (χ1) is 14.7. The van der Waals surface area contributed by atoms with Crippen molar-refractivity contribution in [1.82, 2.24) is 0 Å². The summed E-state index contributed by atoms with van der Waals surface area (Å²) < 4.78 is 19.0. The Morgan fingerprint density at radius 2 is 1.65 bits per heavy atom. The maximum Gasteiger partial charge on any atom is 0.171 e. The van der Waals surface area contributed by atoms with Crippen molar-refractivity contribution in [2.75, 3.05) is 13.2 Å². The summed E-state index contributed by atoms with van der Waals surface area (Å²) in [6.45, 7) is 14.2. The average Bonchev–Trinajstić information content (AvgIpc) is 3.06. The number of epoxide rings is 1. The van der Waals surface area contributed by atoms with E-state index in [0.29, 0.717) is 16.9 Å². The van der Waals surface area contributed by atoms with Gasteiger partial charge in [-0.05, 0) is 79.4 Å². The van der Waals surface area contributed by atoms with Crippen molar-refractivity contribution in [2.24, 2.45) is 46.3 Å². The van der Waals surface area contributed by atoms with Gasteiger partial charge < -0.3 is 14.2 Å². The molecular weight excluding hydrogens is 384 g/mol. The van der Waals surface area contributed by atoms with Gasteiger partial charge in [0.15, 0.2) is 5.79 Å². The fourth-order valence-corrected chi connectivity index (χ4v) is 10.1. The highest BCUT2D eigenvalue weighted by Crippen LogP contribution is 2.75. The lowest BCUT2D eigenvalue weighted by Gasteiger charge is -2.60. The Hall–Kier alpha value is -0.120. The molecule has 2 saturated heterocycles. The van der Waals surface area contributed by atoms with Crippen LogP contribution in [0.2, 0.25) is 0 Å². The van der Waals surface area contributed by atoms with Crippen molar-refractivity contribution in [3.05, 3.63) is 0 Å². The predicted octanol–water partition coefficient (Wildman–Crippen LogP) is 6.59. The Balaban J connectivity index is 1.23. The molecule has 6 rings (SSSR count). The maximum absolute atomic E-state index is 6.71.